The fourth-order valence-electron chi connectivity index (χ4n) is 4.32. The molecule has 1 aromatic heterocycles. The number of nitrogens with one attached hydrogen (secondary N) is 1. The number of benzene rings is 1. The van der Waals surface area contributed by atoms with E-state index in [1.54, 1.807) is 32.4 Å². The summed E-state index contributed by atoms with van der Waals surface area (Å²) >= 11 is 1.33. The lowest BCUT2D eigenvalue weighted by molar-refractivity contribution is -0.113. The van der Waals surface area contributed by atoms with E-state index < -0.39 is 0 Å². The molecule has 0 spiro atoms. The van der Waals surface area contributed by atoms with Crippen molar-refractivity contribution in [3.63, 3.8) is 0 Å². The molecule has 9 heteroatoms. The quantitative estimate of drug-likeness (QED) is 0.361. The summed E-state index contributed by atoms with van der Waals surface area (Å²) in [5, 5.41) is 3.57. The summed E-state index contributed by atoms with van der Waals surface area (Å²) in [5.41, 5.74) is 2.57. The van der Waals surface area contributed by atoms with Crippen LogP contribution >= 0.6 is 11.8 Å². The number of fused-ring (bicyclic) bond motifs is 1. The highest BCUT2D eigenvalue weighted by atomic mass is 32.2. The number of hydrogen-bond donors (Lipinski definition) is 1. The van der Waals surface area contributed by atoms with Crippen LogP contribution in [-0.2, 0) is 24.2 Å². The smallest absolute Gasteiger partial charge is 0.348 e. The zero-order valence-corrected chi connectivity index (χ0v) is 21.5. The Morgan fingerprint density at radius 1 is 1.18 bits per heavy atom. The van der Waals surface area contributed by atoms with Gasteiger partial charge in [0.25, 0.3) is 0 Å². The van der Waals surface area contributed by atoms with Crippen molar-refractivity contribution in [1.29, 1.82) is 0 Å². The van der Waals surface area contributed by atoms with Crippen LogP contribution in [0.2, 0.25) is 0 Å². The van der Waals surface area contributed by atoms with Gasteiger partial charge in [0.1, 0.15) is 16.5 Å². The molecule has 0 radical (unpaired) electrons. The van der Waals surface area contributed by atoms with Gasteiger partial charge in [0.15, 0.2) is 0 Å². The molecule has 0 saturated carbocycles. The van der Waals surface area contributed by atoms with Gasteiger partial charge in [-0.2, -0.15) is 4.98 Å². The molecule has 1 N–H and O–H groups in total. The minimum Gasteiger partial charge on any atom is -0.497 e. The molecule has 34 heavy (non-hydrogen) atoms. The molecule has 0 unspecified atom stereocenters. The second-order valence-corrected chi connectivity index (χ2v) is 9.23. The number of anilines is 1. The fourth-order valence-corrected chi connectivity index (χ4v) is 5.20. The van der Waals surface area contributed by atoms with Crippen molar-refractivity contribution >= 4 is 23.4 Å². The third-order valence-corrected chi connectivity index (χ3v) is 7.24. The lowest BCUT2D eigenvalue weighted by Crippen LogP contribution is -2.32. The molecule has 2 aromatic rings. The number of aromatic nitrogens is 2. The van der Waals surface area contributed by atoms with Crippen LogP contribution in [0.15, 0.2) is 28.0 Å². The maximum Gasteiger partial charge on any atom is 0.348 e. The molecule has 1 aliphatic rings. The van der Waals surface area contributed by atoms with Gasteiger partial charge in [-0.05, 0) is 63.9 Å². The van der Waals surface area contributed by atoms with E-state index in [1.165, 1.54) is 11.8 Å². The largest absolute Gasteiger partial charge is 0.497 e. The Labute approximate surface area is 206 Å². The van der Waals surface area contributed by atoms with Gasteiger partial charge in [-0.25, -0.2) is 4.79 Å². The summed E-state index contributed by atoms with van der Waals surface area (Å²) < 4.78 is 12.4. The average molecular weight is 489 g/mol. The molecule has 1 aromatic carbocycles. The van der Waals surface area contributed by atoms with Crippen LogP contribution in [0.5, 0.6) is 11.5 Å². The molecule has 186 valence electrons. The number of carbonyl (C=O) groups is 1. The van der Waals surface area contributed by atoms with Crippen LogP contribution in [0.1, 0.15) is 44.4 Å². The first-order valence-electron chi connectivity index (χ1n) is 12.0. The minimum absolute atomic E-state index is 0.158. The van der Waals surface area contributed by atoms with E-state index in [2.05, 4.69) is 29.0 Å². The van der Waals surface area contributed by atoms with Crippen molar-refractivity contribution in [1.82, 2.24) is 14.5 Å². The zero-order chi connectivity index (χ0) is 24.5. The molecule has 1 aliphatic carbocycles. The maximum absolute atomic E-state index is 12.9. The van der Waals surface area contributed by atoms with E-state index in [4.69, 9.17) is 9.47 Å². The van der Waals surface area contributed by atoms with E-state index in [9.17, 15) is 9.59 Å². The van der Waals surface area contributed by atoms with Crippen LogP contribution in [-0.4, -0.2) is 60.0 Å². The summed E-state index contributed by atoms with van der Waals surface area (Å²) in [6, 6.07) is 5.25. The Kier molecular flexibility index (Phi) is 9.83. The van der Waals surface area contributed by atoms with Crippen molar-refractivity contribution < 1.29 is 14.3 Å². The lowest BCUT2D eigenvalue weighted by atomic mass is 9.97. The number of nitrogens with zero attached hydrogens (tertiary/aromatic N) is 3. The monoisotopic (exact) mass is 488 g/mol. The predicted molar refractivity (Wildman–Crippen MR) is 136 cm³/mol. The number of amides is 1. The van der Waals surface area contributed by atoms with Crippen LogP contribution in [0, 0.1) is 0 Å². The first-order chi connectivity index (χ1) is 16.5. The summed E-state index contributed by atoms with van der Waals surface area (Å²) in [6.45, 7) is 8.00. The summed E-state index contributed by atoms with van der Waals surface area (Å²) in [4.78, 5) is 32.4. The molecule has 0 bridgehead atoms. The molecule has 8 nitrogen and oxygen atoms in total. The number of hydrogen-bond acceptors (Lipinski definition) is 7. The van der Waals surface area contributed by atoms with Crippen molar-refractivity contribution in [2.75, 3.05) is 44.9 Å². The van der Waals surface area contributed by atoms with E-state index in [-0.39, 0.29) is 17.3 Å². The minimum atomic E-state index is -0.211. The van der Waals surface area contributed by atoms with E-state index in [0.29, 0.717) is 28.8 Å². The summed E-state index contributed by atoms with van der Waals surface area (Å²) in [6.07, 6.45) is 4.86. The van der Waals surface area contributed by atoms with E-state index >= 15 is 0 Å². The average Bonchev–Trinajstić information content (AvgIpc) is 2.86. The number of thioether (sulfide) groups is 1. The van der Waals surface area contributed by atoms with Gasteiger partial charge in [-0.3, -0.25) is 9.36 Å². The Balaban J connectivity index is 1.71. The highest BCUT2D eigenvalue weighted by Gasteiger charge is 2.21. The van der Waals surface area contributed by atoms with Crippen molar-refractivity contribution in [2.45, 2.75) is 57.5 Å². The van der Waals surface area contributed by atoms with Gasteiger partial charge in [0, 0.05) is 23.9 Å². The topological polar surface area (TPSA) is 85.7 Å². The standard InChI is InChI=1S/C25H36N4O4S/c1-5-28(6-2)14-9-15-29-21-11-8-7-10-19(21)24(27-25(29)31)34-17-23(30)26-20-16-18(32-3)12-13-22(20)33-4/h12-13,16H,5-11,14-15,17H2,1-4H3,(H,26,30). The Bertz CT molecular complexity index is 1040. The number of methoxy groups -OCH3 is 2. The Morgan fingerprint density at radius 3 is 2.65 bits per heavy atom. The predicted octanol–water partition coefficient (Wildman–Crippen LogP) is 3.60. The van der Waals surface area contributed by atoms with E-state index in [1.807, 2.05) is 4.57 Å². The molecule has 0 fully saturated rings. The molecule has 0 saturated heterocycles. The van der Waals surface area contributed by atoms with Gasteiger partial charge in [0.05, 0.1) is 25.7 Å². The third-order valence-electron chi connectivity index (χ3n) is 6.22. The Morgan fingerprint density at radius 2 is 1.94 bits per heavy atom. The Hall–Kier alpha value is -2.52. The van der Waals surface area contributed by atoms with Crippen molar-refractivity contribution in [2.24, 2.45) is 0 Å². The molecule has 0 atom stereocenters. The highest BCUT2D eigenvalue weighted by Crippen LogP contribution is 2.31. The third kappa shape index (κ3) is 6.54. The highest BCUT2D eigenvalue weighted by molar-refractivity contribution is 8.00. The van der Waals surface area contributed by atoms with Gasteiger partial charge in [-0.1, -0.05) is 25.6 Å². The second kappa shape index (κ2) is 12.8. The number of ether oxygens (including phenoxy) is 2. The van der Waals surface area contributed by atoms with Crippen molar-refractivity contribution in [3.8, 4) is 11.5 Å². The summed E-state index contributed by atoms with van der Waals surface area (Å²) in [7, 11) is 3.13. The van der Waals surface area contributed by atoms with Crippen LogP contribution in [0.4, 0.5) is 5.69 Å². The molecule has 1 amide bonds. The van der Waals surface area contributed by atoms with Gasteiger partial charge in [-0.15, -0.1) is 0 Å². The molecule has 1 heterocycles. The number of rotatable bonds is 12. The lowest BCUT2D eigenvalue weighted by Gasteiger charge is -2.24. The molecular formula is C25H36N4O4S. The normalized spacial score (nSPS) is 13.0. The van der Waals surface area contributed by atoms with Crippen LogP contribution < -0.4 is 20.5 Å². The second-order valence-electron chi connectivity index (χ2n) is 8.27. The van der Waals surface area contributed by atoms with Gasteiger partial charge < -0.3 is 19.7 Å². The summed E-state index contributed by atoms with van der Waals surface area (Å²) in [5.74, 6) is 1.16. The first kappa shape index (κ1) is 26.1. The van der Waals surface area contributed by atoms with Crippen LogP contribution in [0.25, 0.3) is 0 Å². The van der Waals surface area contributed by atoms with E-state index in [0.717, 1.165) is 63.0 Å². The molecular weight excluding hydrogens is 452 g/mol. The number of carbonyl (C=O) groups excluding carboxylic acids is 1. The zero-order valence-electron chi connectivity index (χ0n) is 20.7. The SMILES string of the molecule is CCN(CC)CCCn1c2c(c(SCC(=O)Nc3cc(OC)ccc3OC)nc1=O)CCCC2. The van der Waals surface area contributed by atoms with Crippen molar-refractivity contribution in [3.05, 3.63) is 39.9 Å². The van der Waals surface area contributed by atoms with Gasteiger partial charge in [0.2, 0.25) is 5.91 Å². The van der Waals surface area contributed by atoms with Gasteiger partial charge >= 0.3 is 5.69 Å². The van der Waals surface area contributed by atoms with Crippen LogP contribution in [0.3, 0.4) is 0 Å². The maximum atomic E-state index is 12.9. The first-order valence-corrected chi connectivity index (χ1v) is 13.0. The molecule has 3 rings (SSSR count). The fraction of sp³-hybridized carbons (Fsp3) is 0.560. The molecule has 0 aliphatic heterocycles.